The van der Waals surface area contributed by atoms with Gasteiger partial charge in [0, 0.05) is 85.7 Å². The summed E-state index contributed by atoms with van der Waals surface area (Å²) in [6.45, 7) is 15.2. The van der Waals surface area contributed by atoms with E-state index in [4.69, 9.17) is 25.5 Å². The predicted octanol–water partition coefficient (Wildman–Crippen LogP) is 8.43. The number of hydroxylamine groups is 2. The van der Waals surface area contributed by atoms with Crippen molar-refractivity contribution < 1.29 is 86.7 Å². The van der Waals surface area contributed by atoms with Gasteiger partial charge in [-0.05, 0) is 47.9 Å². The third-order valence-corrected chi connectivity index (χ3v) is 18.8. The van der Waals surface area contributed by atoms with E-state index in [0.29, 0.717) is 55.2 Å². The van der Waals surface area contributed by atoms with Gasteiger partial charge in [-0.15, -0.1) is 5.06 Å². The van der Waals surface area contributed by atoms with Crippen molar-refractivity contribution in [2.75, 3.05) is 53.1 Å². The van der Waals surface area contributed by atoms with Crippen LogP contribution in [0.25, 0.3) is 11.1 Å². The lowest BCUT2D eigenvalue weighted by molar-refractivity contribution is -0.197. The third kappa shape index (κ3) is 33.3. The predicted molar refractivity (Wildman–Crippen MR) is 334 cm³/mol. The minimum atomic E-state index is -1.29. The Morgan fingerprint density at radius 2 is 1.17 bits per heavy atom. The standard InChI is InChI=1S/C32H39N3O7S2.C21H37NO6S2.C4H7NO4.C2H6O/c1-32(2,3)44-43-20-26(30(39)33-18-10-4-5-15-29(38)42-35-27(36)16-17-28(35)37)34-31(40)41-19-25-23-13-8-6-11-21(23)22-12-7-9-14-24(22)25;1-15(14-29-30-21(2,3)4)17(23)11-9-7-8-10-12-18(24)22-16(20(26)28-6)13-19(25)27-5;5-2(4(8)9)1-3(6)7;1-3-2/h6-9,11-14,25-26H,4-5,10,15-20H2,1-3H3,(H,33,39)(H,34,40);15-16H,7-14H2,1-6H3,(H,22,24);2H,1,5H2,(H,6,7)(H,8,9);1-2H3/t;;2-;/m..0./s1. The summed E-state index contributed by atoms with van der Waals surface area (Å²) in [5.74, 6) is -4.61. The number of Topliss-reactive ketones (excluding diaryl/α,β-unsaturated/α-hetero) is 1. The zero-order valence-electron chi connectivity index (χ0n) is 51.3. The van der Waals surface area contributed by atoms with Gasteiger partial charge in [0.25, 0.3) is 11.8 Å². The Kier molecular flexibility index (Phi) is 38.2. The van der Waals surface area contributed by atoms with Crippen LogP contribution in [-0.2, 0) is 71.7 Å². The minimum absolute atomic E-state index is 0.0219. The molecule has 86 heavy (non-hydrogen) atoms. The van der Waals surface area contributed by atoms with Crippen LogP contribution in [0.5, 0.6) is 0 Å². The van der Waals surface area contributed by atoms with Gasteiger partial charge in [-0.25, -0.2) is 14.4 Å². The molecule has 0 bridgehead atoms. The number of carboxylic acids is 2. The van der Waals surface area contributed by atoms with Crippen LogP contribution in [-0.4, -0.2) is 161 Å². The van der Waals surface area contributed by atoms with Crippen LogP contribution in [0, 0.1) is 5.92 Å². The Hall–Kier alpha value is -5.87. The lowest BCUT2D eigenvalue weighted by Crippen LogP contribution is -2.48. The zero-order valence-corrected chi connectivity index (χ0v) is 54.6. The van der Waals surface area contributed by atoms with Crippen LogP contribution in [0.4, 0.5) is 4.79 Å². The van der Waals surface area contributed by atoms with Crippen molar-refractivity contribution >= 4 is 109 Å². The second kappa shape index (κ2) is 42.1. The number of aliphatic carboxylic acids is 2. The molecule has 4 rings (SSSR count). The lowest BCUT2D eigenvalue weighted by Gasteiger charge is -2.21. The number of carboxylic acid groups (broad SMARTS) is 2. The second-order valence-corrected chi connectivity index (χ2v) is 28.1. The number of alkyl carbamates (subject to hydrolysis) is 1. The minimum Gasteiger partial charge on any atom is -0.481 e. The summed E-state index contributed by atoms with van der Waals surface area (Å²) in [5.41, 5.74) is 9.33. The van der Waals surface area contributed by atoms with Gasteiger partial charge in [-0.1, -0.05) is 159 Å². The zero-order chi connectivity index (χ0) is 65.0. The highest BCUT2D eigenvalue weighted by molar-refractivity contribution is 8.77. The lowest BCUT2D eigenvalue weighted by atomic mass is 9.98. The normalized spacial score (nSPS) is 13.8. The number of fused-ring (bicyclic) bond motifs is 3. The fourth-order valence-corrected chi connectivity index (χ4v) is 12.8. The molecule has 27 heteroatoms. The van der Waals surface area contributed by atoms with E-state index in [1.165, 1.54) is 25.0 Å². The number of ketones is 1. The Labute approximate surface area is 521 Å². The van der Waals surface area contributed by atoms with Crippen molar-refractivity contribution in [3.63, 3.8) is 0 Å². The molecule has 0 saturated carbocycles. The Bertz CT molecular complexity index is 2460. The molecule has 2 aliphatic rings. The van der Waals surface area contributed by atoms with Gasteiger partial charge in [-0.2, -0.15) is 0 Å². The summed E-state index contributed by atoms with van der Waals surface area (Å²) in [6, 6.07) is 13.1. The van der Waals surface area contributed by atoms with E-state index in [1.807, 2.05) is 31.2 Å². The monoisotopic (exact) mass is 1280 g/mol. The first-order valence-electron chi connectivity index (χ1n) is 28.1. The molecular formula is C59H89N5O18S4. The van der Waals surface area contributed by atoms with Crippen molar-refractivity contribution in [2.24, 2.45) is 11.7 Å². The molecule has 1 saturated heterocycles. The molecule has 23 nitrogen and oxygen atoms in total. The van der Waals surface area contributed by atoms with Crippen LogP contribution in [0.1, 0.15) is 155 Å². The topological polar surface area (TPSA) is 340 Å². The Morgan fingerprint density at radius 1 is 0.663 bits per heavy atom. The van der Waals surface area contributed by atoms with E-state index in [-0.39, 0.29) is 71.9 Å². The molecule has 5 amide bonds. The van der Waals surface area contributed by atoms with Gasteiger partial charge >= 0.3 is 35.9 Å². The number of esters is 2. The van der Waals surface area contributed by atoms with Gasteiger partial charge in [-0.3, -0.25) is 38.4 Å². The quantitative estimate of drug-likeness (QED) is 0.0131. The summed E-state index contributed by atoms with van der Waals surface area (Å²) in [5, 5.41) is 24.7. The van der Waals surface area contributed by atoms with Gasteiger partial charge in [0.2, 0.25) is 11.8 Å². The summed E-state index contributed by atoms with van der Waals surface area (Å²) in [7, 11) is 12.4. The molecule has 1 aliphatic carbocycles. The number of hydrogen-bond acceptors (Lipinski definition) is 21. The van der Waals surface area contributed by atoms with Crippen molar-refractivity contribution in [1.29, 1.82) is 0 Å². The van der Waals surface area contributed by atoms with Crippen LogP contribution in [0.2, 0.25) is 0 Å². The van der Waals surface area contributed by atoms with Crippen molar-refractivity contribution in [3.05, 3.63) is 59.7 Å². The number of nitrogens with one attached hydrogen (secondary N) is 3. The van der Waals surface area contributed by atoms with Crippen LogP contribution in [0.3, 0.4) is 0 Å². The van der Waals surface area contributed by atoms with E-state index in [1.54, 1.807) is 46.6 Å². The number of carbonyl (C=O) groups is 11. The maximum absolute atomic E-state index is 13.1. The fraction of sp³-hybridized carbons (Fsp3) is 0.610. The molecule has 2 aromatic rings. The number of ether oxygens (including phenoxy) is 4. The van der Waals surface area contributed by atoms with E-state index < -0.39 is 72.3 Å². The molecule has 4 atom stereocenters. The van der Waals surface area contributed by atoms with Crippen LogP contribution in [0.15, 0.2) is 48.5 Å². The SMILES string of the molecule is CC(C)(C)SSCC(NC(=O)OCC1c2ccccc2-c2ccccc21)C(=O)NCCCCCC(=O)ON1C(=O)CCC1=O.COC.COC(=O)CC(NC(=O)CCCCCCC(=O)C(C)CSSC(C)(C)C)C(=O)OC.N[C@@H](CC(=O)O)C(=O)O. The molecule has 482 valence electrons. The number of nitrogens with two attached hydrogens (primary N) is 1. The maximum atomic E-state index is 13.1. The van der Waals surface area contributed by atoms with Gasteiger partial charge in [0.15, 0.2) is 0 Å². The number of methoxy groups -OCH3 is 3. The number of unbranched alkanes of at least 4 members (excludes halogenated alkanes) is 5. The first-order chi connectivity index (χ1) is 40.5. The molecule has 1 heterocycles. The van der Waals surface area contributed by atoms with Crippen LogP contribution >= 0.6 is 43.2 Å². The van der Waals surface area contributed by atoms with Crippen molar-refractivity contribution in [1.82, 2.24) is 21.0 Å². The van der Waals surface area contributed by atoms with E-state index in [0.717, 1.165) is 47.3 Å². The fourth-order valence-electron chi connectivity index (χ4n) is 7.67. The number of carbonyl (C=O) groups excluding carboxylic acids is 9. The molecule has 1 aliphatic heterocycles. The van der Waals surface area contributed by atoms with Crippen molar-refractivity contribution in [3.8, 4) is 11.1 Å². The Morgan fingerprint density at radius 3 is 1.67 bits per heavy atom. The smallest absolute Gasteiger partial charge is 0.407 e. The van der Waals surface area contributed by atoms with Gasteiger partial charge in [0.1, 0.15) is 30.5 Å². The van der Waals surface area contributed by atoms with Crippen LogP contribution < -0.4 is 21.7 Å². The first-order valence-corrected chi connectivity index (χ1v) is 32.8. The van der Waals surface area contributed by atoms with Crippen molar-refractivity contribution in [2.45, 2.75) is 172 Å². The highest BCUT2D eigenvalue weighted by atomic mass is 33.1. The van der Waals surface area contributed by atoms with E-state index in [2.05, 4.69) is 96.0 Å². The molecule has 0 radical (unpaired) electrons. The van der Waals surface area contributed by atoms with Gasteiger partial charge in [0.05, 0.1) is 27.1 Å². The number of nitrogens with zero attached hydrogens (tertiary/aromatic N) is 1. The third-order valence-electron chi connectivity index (χ3n) is 11.9. The summed E-state index contributed by atoms with van der Waals surface area (Å²) in [6.07, 6.45) is 4.39. The molecule has 0 aromatic heterocycles. The van der Waals surface area contributed by atoms with E-state index in [9.17, 15) is 52.7 Å². The highest BCUT2D eigenvalue weighted by Crippen LogP contribution is 2.44. The largest absolute Gasteiger partial charge is 0.481 e. The molecule has 0 spiro atoms. The molecule has 3 unspecified atom stereocenters. The Balaban J connectivity index is 0.000000759. The highest BCUT2D eigenvalue weighted by Gasteiger charge is 2.33. The first kappa shape index (κ1) is 78.1. The molecular weight excluding hydrogens is 1190 g/mol. The molecule has 1 fully saturated rings. The van der Waals surface area contributed by atoms with E-state index >= 15 is 0 Å². The number of amides is 5. The molecule has 7 N–H and O–H groups in total. The average Bonchev–Trinajstić information content (AvgIpc) is 2.15. The number of benzene rings is 2. The molecule has 2 aromatic carbocycles. The summed E-state index contributed by atoms with van der Waals surface area (Å²) < 4.78 is 19.2. The maximum Gasteiger partial charge on any atom is 0.407 e. The second-order valence-electron chi connectivity index (χ2n) is 21.8. The summed E-state index contributed by atoms with van der Waals surface area (Å²) >= 11 is 0. The van der Waals surface area contributed by atoms with Gasteiger partial charge < -0.3 is 55.7 Å². The number of imide groups is 1. The number of hydrogen-bond donors (Lipinski definition) is 6. The average molecular weight is 1280 g/mol. The summed E-state index contributed by atoms with van der Waals surface area (Å²) in [4.78, 5) is 133. The number of rotatable bonds is 32.